The summed E-state index contributed by atoms with van der Waals surface area (Å²) in [5.41, 5.74) is 7.06. The molecule has 0 saturated carbocycles. The molecular weight excluding hydrogens is 280 g/mol. The molecule has 7 nitrogen and oxygen atoms in total. The number of nitrogens with one attached hydrogen (secondary N) is 3. The van der Waals surface area contributed by atoms with E-state index in [1.807, 2.05) is 31.2 Å². The highest BCUT2D eigenvalue weighted by atomic mass is 16.2. The molecule has 1 aliphatic rings. The summed E-state index contributed by atoms with van der Waals surface area (Å²) in [5, 5.41) is 11.0. The monoisotopic (exact) mass is 294 g/mol. The number of H-pyrrole nitrogens is 2. The SMILES string of the molecule is C[C@@H]1CC(=O)NN=C1c1ccc2nc(-c3ccn[nH]3)[nH]c2c1. The van der Waals surface area contributed by atoms with Gasteiger partial charge in [0.25, 0.3) is 0 Å². The predicted molar refractivity (Wildman–Crippen MR) is 82.1 cm³/mol. The van der Waals surface area contributed by atoms with E-state index in [4.69, 9.17) is 0 Å². The van der Waals surface area contributed by atoms with Crippen LogP contribution in [-0.2, 0) is 4.79 Å². The topological polar surface area (TPSA) is 98.8 Å². The van der Waals surface area contributed by atoms with Crippen LogP contribution >= 0.6 is 0 Å². The molecule has 110 valence electrons. The molecular formula is C15H14N6O. The molecule has 3 heterocycles. The van der Waals surface area contributed by atoms with Gasteiger partial charge in [-0.2, -0.15) is 10.2 Å². The third-order valence-corrected chi connectivity index (χ3v) is 3.79. The van der Waals surface area contributed by atoms with E-state index in [0.29, 0.717) is 6.42 Å². The Bertz CT molecular complexity index is 877. The van der Waals surface area contributed by atoms with E-state index in [0.717, 1.165) is 33.8 Å². The van der Waals surface area contributed by atoms with E-state index in [1.165, 1.54) is 0 Å². The summed E-state index contributed by atoms with van der Waals surface area (Å²) in [4.78, 5) is 19.2. The van der Waals surface area contributed by atoms with Crippen molar-refractivity contribution in [3.8, 4) is 11.5 Å². The fourth-order valence-corrected chi connectivity index (χ4v) is 2.69. The van der Waals surface area contributed by atoms with Gasteiger partial charge in [0.1, 0.15) is 5.69 Å². The highest BCUT2D eigenvalue weighted by molar-refractivity contribution is 6.07. The zero-order valence-electron chi connectivity index (χ0n) is 11.9. The second-order valence-corrected chi connectivity index (χ2v) is 5.42. The average Bonchev–Trinajstić information content (AvgIpc) is 3.15. The first-order valence-corrected chi connectivity index (χ1v) is 7.07. The molecule has 1 aromatic carbocycles. The molecule has 22 heavy (non-hydrogen) atoms. The zero-order chi connectivity index (χ0) is 15.1. The van der Waals surface area contributed by atoms with Crippen LogP contribution in [0.15, 0.2) is 35.6 Å². The molecule has 7 heteroatoms. The Kier molecular flexibility index (Phi) is 2.78. The minimum absolute atomic E-state index is 0.0413. The number of nitrogens with zero attached hydrogens (tertiary/aromatic N) is 3. The molecule has 3 aromatic rings. The van der Waals surface area contributed by atoms with Crippen molar-refractivity contribution in [1.82, 2.24) is 25.6 Å². The lowest BCUT2D eigenvalue weighted by molar-refractivity contribution is -0.121. The van der Waals surface area contributed by atoms with E-state index in [-0.39, 0.29) is 11.8 Å². The lowest BCUT2D eigenvalue weighted by Crippen LogP contribution is -2.31. The summed E-state index contributed by atoms with van der Waals surface area (Å²) in [5.74, 6) is 0.804. The number of fused-ring (bicyclic) bond motifs is 1. The average molecular weight is 294 g/mol. The largest absolute Gasteiger partial charge is 0.337 e. The number of hydrogen-bond donors (Lipinski definition) is 3. The molecule has 0 spiro atoms. The van der Waals surface area contributed by atoms with Gasteiger partial charge in [-0.15, -0.1) is 0 Å². The molecule has 1 atom stereocenters. The Labute approximate surface area is 125 Å². The molecule has 0 saturated heterocycles. The second-order valence-electron chi connectivity index (χ2n) is 5.42. The van der Waals surface area contributed by atoms with Crippen LogP contribution in [0.25, 0.3) is 22.6 Å². The number of carbonyl (C=O) groups is 1. The first kappa shape index (κ1) is 12.8. The maximum Gasteiger partial charge on any atom is 0.240 e. The van der Waals surface area contributed by atoms with E-state index >= 15 is 0 Å². The Hall–Kier alpha value is -2.96. The number of hydrazone groups is 1. The van der Waals surface area contributed by atoms with Gasteiger partial charge in [-0.05, 0) is 18.2 Å². The molecule has 4 rings (SSSR count). The van der Waals surface area contributed by atoms with Crippen LogP contribution in [0.5, 0.6) is 0 Å². The van der Waals surface area contributed by atoms with E-state index in [2.05, 4.69) is 30.7 Å². The maximum atomic E-state index is 11.4. The smallest absolute Gasteiger partial charge is 0.240 e. The molecule has 2 aromatic heterocycles. The molecule has 1 amide bonds. The lowest BCUT2D eigenvalue weighted by Gasteiger charge is -2.18. The van der Waals surface area contributed by atoms with Gasteiger partial charge in [-0.1, -0.05) is 13.0 Å². The third kappa shape index (κ3) is 2.07. The van der Waals surface area contributed by atoms with Crippen molar-refractivity contribution in [3.63, 3.8) is 0 Å². The number of rotatable bonds is 2. The van der Waals surface area contributed by atoms with Gasteiger partial charge >= 0.3 is 0 Å². The molecule has 0 aliphatic carbocycles. The van der Waals surface area contributed by atoms with Gasteiger partial charge in [0.2, 0.25) is 5.91 Å². The van der Waals surface area contributed by atoms with Gasteiger partial charge in [-0.25, -0.2) is 10.4 Å². The minimum Gasteiger partial charge on any atom is -0.337 e. The molecule has 0 unspecified atom stereocenters. The highest BCUT2D eigenvalue weighted by Crippen LogP contribution is 2.22. The molecule has 3 N–H and O–H groups in total. The molecule has 0 radical (unpaired) electrons. The number of aromatic nitrogens is 4. The summed E-state index contributed by atoms with van der Waals surface area (Å²) in [6, 6.07) is 7.80. The fraction of sp³-hybridized carbons (Fsp3) is 0.200. The second kappa shape index (κ2) is 4.80. The Morgan fingerprint density at radius 2 is 2.18 bits per heavy atom. The Balaban J connectivity index is 1.76. The third-order valence-electron chi connectivity index (χ3n) is 3.79. The van der Waals surface area contributed by atoms with Crippen LogP contribution in [0, 0.1) is 5.92 Å². The van der Waals surface area contributed by atoms with Gasteiger partial charge < -0.3 is 4.98 Å². The summed E-state index contributed by atoms with van der Waals surface area (Å²) in [6.07, 6.45) is 2.15. The van der Waals surface area contributed by atoms with E-state index in [9.17, 15) is 4.79 Å². The fourth-order valence-electron chi connectivity index (χ4n) is 2.69. The van der Waals surface area contributed by atoms with Crippen molar-refractivity contribution < 1.29 is 4.79 Å². The van der Waals surface area contributed by atoms with Crippen LogP contribution in [0.4, 0.5) is 0 Å². The maximum absolute atomic E-state index is 11.4. The van der Waals surface area contributed by atoms with E-state index in [1.54, 1.807) is 6.20 Å². The first-order chi connectivity index (χ1) is 10.7. The predicted octanol–water partition coefficient (Wildman–Crippen LogP) is 1.81. The molecule has 1 aliphatic heterocycles. The molecule has 0 fully saturated rings. The highest BCUT2D eigenvalue weighted by Gasteiger charge is 2.22. The number of amides is 1. The van der Waals surface area contributed by atoms with Crippen molar-refractivity contribution in [2.75, 3.05) is 0 Å². The van der Waals surface area contributed by atoms with Crippen LogP contribution in [0.1, 0.15) is 18.9 Å². The number of imidazole rings is 1. The van der Waals surface area contributed by atoms with Gasteiger partial charge in [0.15, 0.2) is 5.82 Å². The normalized spacial score (nSPS) is 18.3. The van der Waals surface area contributed by atoms with Gasteiger partial charge in [-0.3, -0.25) is 9.89 Å². The van der Waals surface area contributed by atoms with Crippen molar-refractivity contribution >= 4 is 22.7 Å². The Morgan fingerprint density at radius 1 is 1.27 bits per heavy atom. The van der Waals surface area contributed by atoms with Crippen LogP contribution in [0.2, 0.25) is 0 Å². The standard InChI is InChI=1S/C15H14N6O/c1-8-6-13(22)20-21-14(8)9-2-3-10-12(7-9)18-15(17-10)11-4-5-16-19-11/h2-5,7-8H,6H2,1H3,(H,16,19)(H,17,18)(H,20,22)/t8-/m1/s1. The van der Waals surface area contributed by atoms with Crippen LogP contribution in [0.3, 0.4) is 0 Å². The van der Waals surface area contributed by atoms with Crippen molar-refractivity contribution in [2.24, 2.45) is 11.0 Å². The van der Waals surface area contributed by atoms with Crippen molar-refractivity contribution in [3.05, 3.63) is 36.0 Å². The number of aromatic amines is 2. The number of hydrogen-bond acceptors (Lipinski definition) is 4. The van der Waals surface area contributed by atoms with Crippen molar-refractivity contribution in [2.45, 2.75) is 13.3 Å². The Morgan fingerprint density at radius 3 is 2.95 bits per heavy atom. The van der Waals surface area contributed by atoms with Crippen LogP contribution < -0.4 is 5.43 Å². The number of carbonyl (C=O) groups excluding carboxylic acids is 1. The quantitative estimate of drug-likeness (QED) is 0.672. The number of benzene rings is 1. The first-order valence-electron chi connectivity index (χ1n) is 7.07. The van der Waals surface area contributed by atoms with Crippen LogP contribution in [-0.4, -0.2) is 31.8 Å². The lowest BCUT2D eigenvalue weighted by atomic mass is 9.94. The molecule has 0 bridgehead atoms. The minimum atomic E-state index is -0.0413. The summed E-state index contributed by atoms with van der Waals surface area (Å²) < 4.78 is 0. The summed E-state index contributed by atoms with van der Waals surface area (Å²) in [6.45, 7) is 2.00. The van der Waals surface area contributed by atoms with Gasteiger partial charge in [0, 0.05) is 24.1 Å². The summed E-state index contributed by atoms with van der Waals surface area (Å²) >= 11 is 0. The van der Waals surface area contributed by atoms with Gasteiger partial charge in [0.05, 0.1) is 16.7 Å². The summed E-state index contributed by atoms with van der Waals surface area (Å²) in [7, 11) is 0. The van der Waals surface area contributed by atoms with E-state index < -0.39 is 0 Å². The zero-order valence-corrected chi connectivity index (χ0v) is 11.9. The van der Waals surface area contributed by atoms with Crippen molar-refractivity contribution in [1.29, 1.82) is 0 Å².